The molecule has 1 aromatic carbocycles. The number of aliphatic hydroxyl groups excluding tert-OH is 2. The molecule has 8 heteroatoms. The number of benzene rings is 1. The molecule has 0 saturated heterocycles. The molecule has 0 bridgehead atoms. The molecule has 6 N–H and O–H groups in total. The van der Waals surface area contributed by atoms with Crippen LogP contribution in [-0.2, 0) is 10.0 Å². The van der Waals surface area contributed by atoms with E-state index in [4.69, 9.17) is 21.1 Å². The van der Waals surface area contributed by atoms with Gasteiger partial charge in [-0.15, -0.1) is 0 Å². The Bertz CT molecular complexity index is 488. The van der Waals surface area contributed by atoms with Crippen molar-refractivity contribution in [1.82, 2.24) is 4.72 Å². The zero-order valence-corrected chi connectivity index (χ0v) is 9.68. The summed E-state index contributed by atoms with van der Waals surface area (Å²) in [6.45, 7) is -0.847. The molecule has 0 spiro atoms. The minimum absolute atomic E-state index is 0.0596. The number of rotatable bonds is 5. The first-order valence-corrected chi connectivity index (χ1v) is 6.22. The van der Waals surface area contributed by atoms with Crippen LogP contribution in [0.15, 0.2) is 23.1 Å². The second-order valence-corrected chi connectivity index (χ2v) is 5.18. The number of nitrogens with two attached hydrogens (primary N) is 1. The largest absolute Gasteiger partial charge is 0.506 e. The molecule has 0 fully saturated rings. The Morgan fingerprint density at radius 1 is 1.41 bits per heavy atom. The van der Waals surface area contributed by atoms with E-state index in [2.05, 4.69) is 4.72 Å². The van der Waals surface area contributed by atoms with Crippen LogP contribution in [0.2, 0.25) is 0 Å². The Labute approximate surface area is 98.6 Å². The molecular weight excluding hydrogens is 248 g/mol. The molecule has 0 aliphatic carbocycles. The number of aliphatic hydroxyl groups is 2. The molecule has 96 valence electrons. The summed E-state index contributed by atoms with van der Waals surface area (Å²) >= 11 is 0. The zero-order valence-electron chi connectivity index (χ0n) is 8.87. The van der Waals surface area contributed by atoms with E-state index in [1.165, 1.54) is 6.07 Å². The van der Waals surface area contributed by atoms with Gasteiger partial charge in [-0.25, -0.2) is 13.1 Å². The standard InChI is InChI=1S/C9H14N2O5S/c10-8-3-7(1-2-9(8)14)17(15,16)11-4-6(13)5-12/h1-3,6,11-14H,4-5,10H2. The van der Waals surface area contributed by atoms with Crippen LogP contribution in [0.3, 0.4) is 0 Å². The van der Waals surface area contributed by atoms with E-state index in [1.54, 1.807) is 0 Å². The minimum atomic E-state index is -3.82. The van der Waals surface area contributed by atoms with E-state index < -0.39 is 22.7 Å². The van der Waals surface area contributed by atoms with E-state index in [9.17, 15) is 8.42 Å². The average molecular weight is 262 g/mol. The lowest BCUT2D eigenvalue weighted by Gasteiger charge is -2.10. The van der Waals surface area contributed by atoms with Crippen molar-refractivity contribution in [2.45, 2.75) is 11.0 Å². The van der Waals surface area contributed by atoms with Crippen molar-refractivity contribution in [3.8, 4) is 5.75 Å². The number of hydrogen-bond donors (Lipinski definition) is 5. The smallest absolute Gasteiger partial charge is 0.240 e. The Morgan fingerprint density at radius 2 is 2.06 bits per heavy atom. The lowest BCUT2D eigenvalue weighted by Crippen LogP contribution is -2.33. The molecular formula is C9H14N2O5S. The maximum atomic E-state index is 11.7. The van der Waals surface area contributed by atoms with Crippen LogP contribution in [-0.4, -0.2) is 43.0 Å². The second kappa shape index (κ2) is 5.32. The molecule has 0 radical (unpaired) electrons. The molecule has 1 atom stereocenters. The van der Waals surface area contributed by atoms with E-state index in [1.807, 2.05) is 0 Å². The van der Waals surface area contributed by atoms with E-state index in [-0.39, 0.29) is 22.9 Å². The summed E-state index contributed by atoms with van der Waals surface area (Å²) in [7, 11) is -3.82. The molecule has 0 amide bonds. The van der Waals surface area contributed by atoms with Gasteiger partial charge in [0.2, 0.25) is 10.0 Å². The first-order valence-electron chi connectivity index (χ1n) is 4.74. The van der Waals surface area contributed by atoms with Crippen LogP contribution >= 0.6 is 0 Å². The van der Waals surface area contributed by atoms with Crippen LogP contribution < -0.4 is 10.5 Å². The highest BCUT2D eigenvalue weighted by molar-refractivity contribution is 7.89. The fraction of sp³-hybridized carbons (Fsp3) is 0.333. The number of nitrogen functional groups attached to an aromatic ring is 1. The molecule has 0 aromatic heterocycles. The highest BCUT2D eigenvalue weighted by Crippen LogP contribution is 2.22. The predicted octanol–water partition coefficient (Wildman–Crippen LogP) is -1.39. The van der Waals surface area contributed by atoms with Crippen molar-refractivity contribution < 1.29 is 23.7 Å². The number of phenolic OH excluding ortho intramolecular Hbond substituents is 1. The number of nitrogens with one attached hydrogen (secondary N) is 1. The van der Waals surface area contributed by atoms with E-state index in [0.29, 0.717) is 0 Å². The lowest BCUT2D eigenvalue weighted by molar-refractivity contribution is 0.0988. The van der Waals surface area contributed by atoms with E-state index >= 15 is 0 Å². The average Bonchev–Trinajstić information content (AvgIpc) is 2.29. The number of aromatic hydroxyl groups is 1. The van der Waals surface area contributed by atoms with Crippen molar-refractivity contribution in [3.63, 3.8) is 0 Å². The maximum Gasteiger partial charge on any atom is 0.240 e. The molecule has 0 aliphatic heterocycles. The Morgan fingerprint density at radius 3 is 2.59 bits per heavy atom. The van der Waals surface area contributed by atoms with Gasteiger partial charge in [0.05, 0.1) is 23.3 Å². The second-order valence-electron chi connectivity index (χ2n) is 3.41. The highest BCUT2D eigenvalue weighted by Gasteiger charge is 2.16. The van der Waals surface area contributed by atoms with Crippen LogP contribution in [0.4, 0.5) is 5.69 Å². The van der Waals surface area contributed by atoms with Gasteiger partial charge in [0.1, 0.15) is 5.75 Å². The van der Waals surface area contributed by atoms with Gasteiger partial charge < -0.3 is 21.1 Å². The topological polar surface area (TPSA) is 133 Å². The van der Waals surface area contributed by atoms with Crippen molar-refractivity contribution >= 4 is 15.7 Å². The van der Waals surface area contributed by atoms with Gasteiger partial charge in [-0.05, 0) is 18.2 Å². The minimum Gasteiger partial charge on any atom is -0.506 e. The van der Waals surface area contributed by atoms with Gasteiger partial charge in [-0.3, -0.25) is 0 Å². The third-order valence-electron chi connectivity index (χ3n) is 2.03. The summed E-state index contributed by atoms with van der Waals surface area (Å²) in [4.78, 5) is -0.127. The van der Waals surface area contributed by atoms with Gasteiger partial charge >= 0.3 is 0 Å². The molecule has 17 heavy (non-hydrogen) atoms. The Balaban J connectivity index is 2.86. The van der Waals surface area contributed by atoms with Crippen molar-refractivity contribution in [3.05, 3.63) is 18.2 Å². The molecule has 0 aliphatic rings. The van der Waals surface area contributed by atoms with Gasteiger partial charge in [0.15, 0.2) is 0 Å². The first-order chi connectivity index (χ1) is 7.86. The van der Waals surface area contributed by atoms with Gasteiger partial charge in [-0.1, -0.05) is 0 Å². The van der Waals surface area contributed by atoms with Gasteiger partial charge in [-0.2, -0.15) is 0 Å². The van der Waals surface area contributed by atoms with Gasteiger partial charge in [0.25, 0.3) is 0 Å². The third kappa shape index (κ3) is 3.56. The molecule has 7 nitrogen and oxygen atoms in total. The van der Waals surface area contributed by atoms with Crippen LogP contribution in [0.5, 0.6) is 5.75 Å². The molecule has 1 unspecified atom stereocenters. The Kier molecular flexibility index (Phi) is 4.29. The van der Waals surface area contributed by atoms with Crippen LogP contribution in [0.25, 0.3) is 0 Å². The van der Waals surface area contributed by atoms with Crippen LogP contribution in [0.1, 0.15) is 0 Å². The van der Waals surface area contributed by atoms with Gasteiger partial charge in [0, 0.05) is 6.54 Å². The number of sulfonamides is 1. The first kappa shape index (κ1) is 13.7. The summed E-state index contributed by atoms with van der Waals surface area (Å²) < 4.78 is 25.4. The molecule has 0 saturated carbocycles. The van der Waals surface area contributed by atoms with Crippen LogP contribution in [0, 0.1) is 0 Å². The third-order valence-corrected chi connectivity index (χ3v) is 3.45. The summed E-state index contributed by atoms with van der Waals surface area (Å²) in [5, 5.41) is 26.7. The van der Waals surface area contributed by atoms with E-state index in [0.717, 1.165) is 12.1 Å². The summed E-state index contributed by atoms with van der Waals surface area (Å²) in [6, 6.07) is 3.44. The maximum absolute atomic E-state index is 11.7. The van der Waals surface area contributed by atoms with Crippen molar-refractivity contribution in [1.29, 1.82) is 0 Å². The molecule has 1 rings (SSSR count). The normalized spacial score (nSPS) is 13.5. The zero-order chi connectivity index (χ0) is 13.1. The highest BCUT2D eigenvalue weighted by atomic mass is 32.2. The monoisotopic (exact) mass is 262 g/mol. The number of hydrogen-bond acceptors (Lipinski definition) is 6. The number of anilines is 1. The predicted molar refractivity (Wildman–Crippen MR) is 60.8 cm³/mol. The lowest BCUT2D eigenvalue weighted by atomic mass is 10.3. The summed E-state index contributed by atoms with van der Waals surface area (Å²) in [5.74, 6) is -0.209. The fourth-order valence-electron chi connectivity index (χ4n) is 1.05. The number of phenols is 1. The van der Waals surface area contributed by atoms with Crippen molar-refractivity contribution in [2.75, 3.05) is 18.9 Å². The molecule has 0 heterocycles. The molecule has 1 aromatic rings. The van der Waals surface area contributed by atoms with Crippen molar-refractivity contribution in [2.24, 2.45) is 0 Å². The summed E-state index contributed by atoms with van der Waals surface area (Å²) in [6.07, 6.45) is -1.17. The Hall–Kier alpha value is -1.35. The fourth-order valence-corrected chi connectivity index (χ4v) is 2.16. The SMILES string of the molecule is Nc1cc(S(=O)(=O)NCC(O)CO)ccc1O. The quantitative estimate of drug-likeness (QED) is 0.327. The summed E-state index contributed by atoms with van der Waals surface area (Å²) in [5.41, 5.74) is 5.31.